The minimum absolute atomic E-state index is 0.160. The van der Waals surface area contributed by atoms with E-state index in [1.807, 2.05) is 0 Å². The number of amides is 3. The van der Waals surface area contributed by atoms with Gasteiger partial charge in [-0.25, -0.2) is 0 Å². The molecular weight excluding hydrogens is 448 g/mol. The van der Waals surface area contributed by atoms with Crippen molar-refractivity contribution < 1.29 is 33.4 Å². The van der Waals surface area contributed by atoms with Crippen LogP contribution in [0.3, 0.4) is 0 Å². The summed E-state index contributed by atoms with van der Waals surface area (Å²) in [6.07, 6.45) is 1.52. The molecule has 1 aliphatic rings. The number of esters is 1. The Morgan fingerprint density at radius 2 is 1.85 bits per heavy atom. The molecule has 3 rings (SSSR count). The fraction of sp³-hybridized carbons (Fsp3) is 0.217. The summed E-state index contributed by atoms with van der Waals surface area (Å²) in [6, 6.07) is 11.6. The zero-order chi connectivity index (χ0) is 24.0. The molecule has 1 aliphatic heterocycles. The number of carbonyl (C=O) groups is 4. The molecule has 33 heavy (non-hydrogen) atoms. The van der Waals surface area contributed by atoms with E-state index in [0.717, 1.165) is 16.7 Å². The highest BCUT2D eigenvalue weighted by molar-refractivity contribution is 8.18. The van der Waals surface area contributed by atoms with Crippen molar-refractivity contribution in [1.82, 2.24) is 4.90 Å². The number of hydrogen-bond donors (Lipinski definition) is 1. The SMILES string of the molecule is CCOc1cc(/C=C2/SC(=O)N(CC(=O)Nc3ccccc3OC)C2=O)ccc1OC(C)=O. The Hall–Kier alpha value is -3.79. The second kappa shape index (κ2) is 10.7. The number of benzene rings is 2. The fourth-order valence-corrected chi connectivity index (χ4v) is 3.83. The van der Waals surface area contributed by atoms with Crippen molar-refractivity contribution in [2.45, 2.75) is 13.8 Å². The molecule has 1 fully saturated rings. The molecule has 0 saturated carbocycles. The van der Waals surface area contributed by atoms with Crippen LogP contribution in [-0.2, 0) is 14.4 Å². The summed E-state index contributed by atoms with van der Waals surface area (Å²) in [7, 11) is 1.47. The van der Waals surface area contributed by atoms with Gasteiger partial charge in [0.05, 0.1) is 24.3 Å². The molecule has 0 bridgehead atoms. The third-order valence-electron chi connectivity index (χ3n) is 4.38. The molecule has 9 nitrogen and oxygen atoms in total. The van der Waals surface area contributed by atoms with E-state index >= 15 is 0 Å². The number of thioether (sulfide) groups is 1. The Morgan fingerprint density at radius 1 is 1.09 bits per heavy atom. The number of imide groups is 1. The number of nitrogens with zero attached hydrogens (tertiary/aromatic N) is 1. The lowest BCUT2D eigenvalue weighted by Crippen LogP contribution is -2.36. The lowest BCUT2D eigenvalue weighted by molar-refractivity contribution is -0.132. The zero-order valence-electron chi connectivity index (χ0n) is 18.2. The minimum Gasteiger partial charge on any atom is -0.495 e. The Morgan fingerprint density at radius 3 is 2.55 bits per heavy atom. The van der Waals surface area contributed by atoms with Crippen molar-refractivity contribution in [2.75, 3.05) is 25.6 Å². The molecule has 2 aromatic carbocycles. The van der Waals surface area contributed by atoms with Crippen LogP contribution in [0.4, 0.5) is 10.5 Å². The van der Waals surface area contributed by atoms with Crippen molar-refractivity contribution in [1.29, 1.82) is 0 Å². The number of hydrogen-bond acceptors (Lipinski definition) is 8. The Labute approximate surface area is 194 Å². The molecule has 0 atom stereocenters. The van der Waals surface area contributed by atoms with E-state index in [9.17, 15) is 19.2 Å². The predicted molar refractivity (Wildman–Crippen MR) is 123 cm³/mol. The second-order valence-electron chi connectivity index (χ2n) is 6.75. The second-order valence-corrected chi connectivity index (χ2v) is 7.74. The summed E-state index contributed by atoms with van der Waals surface area (Å²) in [5.74, 6) is -0.562. The molecular formula is C23H22N2O7S. The number of anilines is 1. The van der Waals surface area contributed by atoms with Gasteiger partial charge in [-0.2, -0.15) is 0 Å². The summed E-state index contributed by atoms with van der Waals surface area (Å²) in [5.41, 5.74) is 1.00. The van der Waals surface area contributed by atoms with Gasteiger partial charge in [-0.3, -0.25) is 24.1 Å². The van der Waals surface area contributed by atoms with Crippen LogP contribution in [0.15, 0.2) is 47.4 Å². The highest BCUT2D eigenvalue weighted by atomic mass is 32.2. The average molecular weight is 471 g/mol. The van der Waals surface area contributed by atoms with Crippen molar-refractivity contribution in [3.05, 3.63) is 52.9 Å². The summed E-state index contributed by atoms with van der Waals surface area (Å²) in [6.45, 7) is 2.97. The Bertz CT molecular complexity index is 1130. The van der Waals surface area contributed by atoms with Crippen LogP contribution < -0.4 is 19.5 Å². The first-order chi connectivity index (χ1) is 15.8. The molecule has 1 N–H and O–H groups in total. The van der Waals surface area contributed by atoms with Gasteiger partial charge in [-0.15, -0.1) is 0 Å². The van der Waals surface area contributed by atoms with Gasteiger partial charge in [0.15, 0.2) is 11.5 Å². The normalized spacial score (nSPS) is 14.4. The molecule has 0 aromatic heterocycles. The standard InChI is InChI=1S/C23H22N2O7S/c1-4-31-19-11-15(9-10-18(19)32-14(2)26)12-20-22(28)25(23(29)33-20)13-21(27)24-16-7-5-6-8-17(16)30-3/h5-12H,4,13H2,1-3H3,(H,24,27)/b20-12+. The monoisotopic (exact) mass is 470 g/mol. The molecule has 0 spiro atoms. The molecule has 1 saturated heterocycles. The van der Waals surface area contributed by atoms with Gasteiger partial charge in [0.25, 0.3) is 11.1 Å². The highest BCUT2D eigenvalue weighted by Gasteiger charge is 2.36. The number of para-hydroxylation sites is 2. The first-order valence-corrected chi connectivity index (χ1v) is 10.8. The number of carbonyl (C=O) groups excluding carboxylic acids is 4. The van der Waals surface area contributed by atoms with Crippen LogP contribution in [0.5, 0.6) is 17.2 Å². The van der Waals surface area contributed by atoms with E-state index in [2.05, 4.69) is 5.32 Å². The third-order valence-corrected chi connectivity index (χ3v) is 5.28. The first kappa shape index (κ1) is 23.9. The molecule has 1 heterocycles. The van der Waals surface area contributed by atoms with Gasteiger partial charge >= 0.3 is 5.97 Å². The maximum Gasteiger partial charge on any atom is 0.308 e. The van der Waals surface area contributed by atoms with Crippen molar-refractivity contribution >= 4 is 46.5 Å². The maximum atomic E-state index is 12.8. The maximum absolute atomic E-state index is 12.8. The average Bonchev–Trinajstić information content (AvgIpc) is 3.03. The van der Waals surface area contributed by atoms with Crippen LogP contribution in [0.1, 0.15) is 19.4 Å². The zero-order valence-corrected chi connectivity index (χ0v) is 19.1. The van der Waals surface area contributed by atoms with Crippen molar-refractivity contribution in [2.24, 2.45) is 0 Å². The summed E-state index contributed by atoms with van der Waals surface area (Å²) in [4.78, 5) is 49.9. The van der Waals surface area contributed by atoms with Crippen LogP contribution in [0.2, 0.25) is 0 Å². The van der Waals surface area contributed by atoms with Crippen LogP contribution >= 0.6 is 11.8 Å². The number of rotatable bonds is 8. The number of nitrogens with one attached hydrogen (secondary N) is 1. The molecule has 172 valence electrons. The first-order valence-electron chi connectivity index (χ1n) is 9.96. The topological polar surface area (TPSA) is 111 Å². The lowest BCUT2D eigenvalue weighted by atomic mass is 10.2. The van der Waals surface area contributed by atoms with Gasteiger partial charge in [-0.1, -0.05) is 18.2 Å². The molecule has 2 aromatic rings. The Balaban J connectivity index is 1.74. The van der Waals surface area contributed by atoms with Crippen LogP contribution in [0, 0.1) is 0 Å². The quantitative estimate of drug-likeness (QED) is 0.353. The van der Waals surface area contributed by atoms with Gasteiger partial charge in [0, 0.05) is 6.92 Å². The molecule has 0 unspecified atom stereocenters. The van der Waals surface area contributed by atoms with E-state index < -0.39 is 29.6 Å². The van der Waals surface area contributed by atoms with E-state index in [4.69, 9.17) is 14.2 Å². The van der Waals surface area contributed by atoms with Gasteiger partial charge in [0.2, 0.25) is 5.91 Å². The molecule has 0 radical (unpaired) electrons. The molecule has 0 aliphatic carbocycles. The number of ether oxygens (including phenoxy) is 3. The van der Waals surface area contributed by atoms with Gasteiger partial charge in [-0.05, 0) is 54.6 Å². The number of methoxy groups -OCH3 is 1. The van der Waals surface area contributed by atoms with E-state index in [1.165, 1.54) is 20.1 Å². The highest BCUT2D eigenvalue weighted by Crippen LogP contribution is 2.35. The summed E-state index contributed by atoms with van der Waals surface area (Å²) in [5, 5.41) is 2.09. The van der Waals surface area contributed by atoms with Crippen LogP contribution in [-0.4, -0.2) is 48.2 Å². The Kier molecular flexibility index (Phi) is 7.73. The largest absolute Gasteiger partial charge is 0.495 e. The lowest BCUT2D eigenvalue weighted by Gasteiger charge is -2.14. The van der Waals surface area contributed by atoms with Crippen molar-refractivity contribution in [3.63, 3.8) is 0 Å². The van der Waals surface area contributed by atoms with Crippen LogP contribution in [0.25, 0.3) is 6.08 Å². The third kappa shape index (κ3) is 5.92. The fourth-order valence-electron chi connectivity index (χ4n) is 2.99. The summed E-state index contributed by atoms with van der Waals surface area (Å²) >= 11 is 0.734. The molecule has 3 amide bonds. The van der Waals surface area contributed by atoms with Gasteiger partial charge in [0.1, 0.15) is 12.3 Å². The van der Waals surface area contributed by atoms with Crippen molar-refractivity contribution in [3.8, 4) is 17.2 Å². The summed E-state index contributed by atoms with van der Waals surface area (Å²) < 4.78 is 15.8. The van der Waals surface area contributed by atoms with E-state index in [0.29, 0.717) is 29.4 Å². The predicted octanol–water partition coefficient (Wildman–Crippen LogP) is 3.69. The van der Waals surface area contributed by atoms with E-state index in [1.54, 1.807) is 49.4 Å². The van der Waals surface area contributed by atoms with Gasteiger partial charge < -0.3 is 19.5 Å². The minimum atomic E-state index is -0.581. The van der Waals surface area contributed by atoms with E-state index in [-0.39, 0.29) is 10.7 Å². The smallest absolute Gasteiger partial charge is 0.308 e. The molecule has 10 heteroatoms.